The first kappa shape index (κ1) is 17.7. The molecular weight excluding hydrogens is 441 g/mol. The van der Waals surface area contributed by atoms with Gasteiger partial charge in [0, 0.05) is 15.7 Å². The lowest BCUT2D eigenvalue weighted by Crippen LogP contribution is -2.51. The molecule has 0 spiro atoms. The van der Waals surface area contributed by atoms with Crippen LogP contribution in [-0.4, -0.2) is 24.3 Å². The average Bonchev–Trinajstić information content (AvgIpc) is 2.61. The number of halogens is 1. The normalized spacial score (nSPS) is 20.0. The number of nitrogens with zero attached hydrogens (tertiary/aromatic N) is 1. The highest BCUT2D eigenvalue weighted by Crippen LogP contribution is 2.35. The Hall–Kier alpha value is -1.73. The molecule has 0 radical (unpaired) electrons. The van der Waals surface area contributed by atoms with Gasteiger partial charge in [0.15, 0.2) is 6.10 Å². The minimum Gasteiger partial charge on any atom is -0.355 e. The molecule has 1 saturated carbocycles. The fourth-order valence-electron chi connectivity index (χ4n) is 3.48. The van der Waals surface area contributed by atoms with Crippen molar-refractivity contribution in [3.8, 4) is 0 Å². The summed E-state index contributed by atoms with van der Waals surface area (Å²) in [5.41, 5.74) is 2.27. The SMILES string of the molecule is O=C1c2cc(I)ccc2N(CC2CCC2)C(=O)C1OCc1ccccc1. The van der Waals surface area contributed by atoms with Gasteiger partial charge in [-0.1, -0.05) is 36.8 Å². The van der Waals surface area contributed by atoms with Crippen molar-refractivity contribution < 1.29 is 14.3 Å². The molecule has 1 fully saturated rings. The zero-order valence-corrected chi connectivity index (χ0v) is 16.5. The Morgan fingerprint density at radius 3 is 2.54 bits per heavy atom. The second kappa shape index (κ2) is 7.48. The molecular formula is C21H20INO3. The maximum absolute atomic E-state index is 13.1. The predicted octanol–water partition coefficient (Wildman–Crippen LogP) is 4.21. The van der Waals surface area contributed by atoms with Gasteiger partial charge in [-0.25, -0.2) is 0 Å². The largest absolute Gasteiger partial charge is 0.355 e. The molecule has 4 rings (SSSR count). The third kappa shape index (κ3) is 3.42. The van der Waals surface area contributed by atoms with Crippen molar-refractivity contribution in [2.24, 2.45) is 5.92 Å². The van der Waals surface area contributed by atoms with E-state index in [4.69, 9.17) is 4.74 Å². The number of fused-ring (bicyclic) bond motifs is 1. The molecule has 1 atom stereocenters. The molecule has 26 heavy (non-hydrogen) atoms. The van der Waals surface area contributed by atoms with Crippen LogP contribution in [0.2, 0.25) is 0 Å². The van der Waals surface area contributed by atoms with Crippen LogP contribution in [0.25, 0.3) is 0 Å². The molecule has 0 saturated heterocycles. The number of amides is 1. The summed E-state index contributed by atoms with van der Waals surface area (Å²) in [5, 5.41) is 0. The third-order valence-corrected chi connectivity index (χ3v) is 5.84. The maximum Gasteiger partial charge on any atom is 0.264 e. The second-order valence-corrected chi connectivity index (χ2v) is 8.19. The van der Waals surface area contributed by atoms with Crippen LogP contribution in [0.15, 0.2) is 48.5 Å². The molecule has 4 nitrogen and oxygen atoms in total. The van der Waals surface area contributed by atoms with Crippen molar-refractivity contribution in [1.29, 1.82) is 0 Å². The van der Waals surface area contributed by atoms with Gasteiger partial charge in [-0.05, 0) is 65.1 Å². The number of rotatable bonds is 5. The van der Waals surface area contributed by atoms with Crippen molar-refractivity contribution >= 4 is 40.0 Å². The van der Waals surface area contributed by atoms with E-state index in [0.717, 1.165) is 27.7 Å². The highest BCUT2D eigenvalue weighted by atomic mass is 127. The monoisotopic (exact) mass is 461 g/mol. The van der Waals surface area contributed by atoms with E-state index in [9.17, 15) is 9.59 Å². The lowest BCUT2D eigenvalue weighted by atomic mass is 9.84. The molecule has 2 aromatic rings. The van der Waals surface area contributed by atoms with Gasteiger partial charge in [0.25, 0.3) is 5.91 Å². The number of hydrogen-bond acceptors (Lipinski definition) is 3. The number of benzene rings is 2. The van der Waals surface area contributed by atoms with Crippen LogP contribution >= 0.6 is 22.6 Å². The van der Waals surface area contributed by atoms with Crippen LogP contribution in [0.5, 0.6) is 0 Å². The molecule has 1 aliphatic heterocycles. The molecule has 5 heteroatoms. The summed E-state index contributed by atoms with van der Waals surface area (Å²) in [6.45, 7) is 0.921. The van der Waals surface area contributed by atoms with E-state index in [1.165, 1.54) is 6.42 Å². The minimum atomic E-state index is -1.05. The van der Waals surface area contributed by atoms with Gasteiger partial charge in [0.05, 0.1) is 12.3 Å². The van der Waals surface area contributed by atoms with E-state index in [1.807, 2.05) is 48.5 Å². The number of carbonyl (C=O) groups is 2. The molecule has 0 bridgehead atoms. The molecule has 2 aliphatic rings. The van der Waals surface area contributed by atoms with Gasteiger partial charge in [-0.15, -0.1) is 0 Å². The van der Waals surface area contributed by atoms with Crippen LogP contribution in [-0.2, 0) is 16.1 Å². The van der Waals surface area contributed by atoms with E-state index in [2.05, 4.69) is 22.6 Å². The van der Waals surface area contributed by atoms with Crippen LogP contribution < -0.4 is 4.90 Å². The van der Waals surface area contributed by atoms with E-state index in [0.29, 0.717) is 18.0 Å². The predicted molar refractivity (Wildman–Crippen MR) is 108 cm³/mol. The Bertz CT molecular complexity index is 832. The summed E-state index contributed by atoms with van der Waals surface area (Å²) in [6, 6.07) is 15.3. The van der Waals surface area contributed by atoms with Gasteiger partial charge in [-0.3, -0.25) is 9.59 Å². The Balaban J connectivity index is 1.62. The van der Waals surface area contributed by atoms with Crippen LogP contribution in [0.4, 0.5) is 5.69 Å². The maximum atomic E-state index is 13.1. The molecule has 1 amide bonds. The molecule has 0 aromatic heterocycles. The number of Topliss-reactive ketones (excluding diaryl/α,β-unsaturated/α-hetero) is 1. The molecule has 1 heterocycles. The Morgan fingerprint density at radius 1 is 1.08 bits per heavy atom. The number of ether oxygens (including phenoxy) is 1. The first-order chi connectivity index (χ1) is 12.6. The van der Waals surface area contributed by atoms with E-state index in [1.54, 1.807) is 4.90 Å². The summed E-state index contributed by atoms with van der Waals surface area (Å²) in [4.78, 5) is 27.8. The zero-order chi connectivity index (χ0) is 18.1. The Kier molecular flexibility index (Phi) is 5.09. The highest BCUT2D eigenvalue weighted by Gasteiger charge is 2.41. The van der Waals surface area contributed by atoms with Gasteiger partial charge < -0.3 is 9.64 Å². The summed E-state index contributed by atoms with van der Waals surface area (Å²) in [5.74, 6) is 0.0601. The van der Waals surface area contributed by atoms with E-state index >= 15 is 0 Å². The number of hydrogen-bond donors (Lipinski definition) is 0. The van der Waals surface area contributed by atoms with Crippen molar-refractivity contribution in [2.45, 2.75) is 32.0 Å². The van der Waals surface area contributed by atoms with Gasteiger partial charge >= 0.3 is 0 Å². The topological polar surface area (TPSA) is 46.6 Å². The first-order valence-corrected chi connectivity index (χ1v) is 10.0. The number of anilines is 1. The number of carbonyl (C=O) groups excluding carboxylic acids is 2. The lowest BCUT2D eigenvalue weighted by Gasteiger charge is -2.37. The Morgan fingerprint density at radius 2 is 1.85 bits per heavy atom. The Labute approximate surface area is 166 Å². The molecule has 0 N–H and O–H groups in total. The van der Waals surface area contributed by atoms with Crippen molar-refractivity contribution in [3.05, 3.63) is 63.2 Å². The quantitative estimate of drug-likeness (QED) is 0.495. The fraction of sp³-hybridized carbons (Fsp3) is 0.333. The molecule has 1 unspecified atom stereocenters. The van der Waals surface area contributed by atoms with Gasteiger partial charge in [0.2, 0.25) is 5.78 Å². The summed E-state index contributed by atoms with van der Waals surface area (Å²) in [7, 11) is 0. The molecule has 134 valence electrons. The fourth-order valence-corrected chi connectivity index (χ4v) is 3.97. The van der Waals surface area contributed by atoms with Gasteiger partial charge in [-0.2, -0.15) is 0 Å². The molecule has 2 aromatic carbocycles. The highest BCUT2D eigenvalue weighted by molar-refractivity contribution is 14.1. The third-order valence-electron chi connectivity index (χ3n) is 5.17. The van der Waals surface area contributed by atoms with E-state index < -0.39 is 6.10 Å². The lowest BCUT2D eigenvalue weighted by molar-refractivity contribution is -0.128. The van der Waals surface area contributed by atoms with Crippen molar-refractivity contribution in [1.82, 2.24) is 0 Å². The first-order valence-electron chi connectivity index (χ1n) is 8.94. The standard InChI is InChI=1S/C21H20INO3/c22-16-9-10-18-17(11-16)19(24)20(26-13-15-5-2-1-3-6-15)21(25)23(18)12-14-7-4-8-14/h1-3,5-6,9-11,14,20H,4,7-8,12-13H2. The summed E-state index contributed by atoms with van der Waals surface area (Å²) >= 11 is 2.19. The smallest absolute Gasteiger partial charge is 0.264 e. The summed E-state index contributed by atoms with van der Waals surface area (Å²) < 4.78 is 6.79. The van der Waals surface area contributed by atoms with Crippen LogP contribution in [0.3, 0.4) is 0 Å². The van der Waals surface area contributed by atoms with Crippen LogP contribution in [0, 0.1) is 9.49 Å². The summed E-state index contributed by atoms with van der Waals surface area (Å²) in [6.07, 6.45) is 2.46. The minimum absolute atomic E-state index is 0.230. The van der Waals surface area contributed by atoms with Gasteiger partial charge in [0.1, 0.15) is 0 Å². The zero-order valence-electron chi connectivity index (χ0n) is 14.4. The van der Waals surface area contributed by atoms with Crippen LogP contribution in [0.1, 0.15) is 35.2 Å². The van der Waals surface area contributed by atoms with E-state index in [-0.39, 0.29) is 18.3 Å². The number of ketones is 1. The second-order valence-electron chi connectivity index (χ2n) is 6.95. The van der Waals surface area contributed by atoms with Crippen molar-refractivity contribution in [2.75, 3.05) is 11.4 Å². The molecule has 1 aliphatic carbocycles. The average molecular weight is 461 g/mol. The van der Waals surface area contributed by atoms with Crippen molar-refractivity contribution in [3.63, 3.8) is 0 Å².